The lowest BCUT2D eigenvalue weighted by Gasteiger charge is -2.12. The summed E-state index contributed by atoms with van der Waals surface area (Å²) in [5.41, 5.74) is 5.95. The summed E-state index contributed by atoms with van der Waals surface area (Å²) in [5.74, 6) is 0. The van der Waals surface area contributed by atoms with E-state index in [-0.39, 0.29) is 0 Å². The molecule has 13 heavy (non-hydrogen) atoms. The van der Waals surface area contributed by atoms with Gasteiger partial charge in [-0.15, -0.1) is 5.10 Å². The van der Waals surface area contributed by atoms with Gasteiger partial charge in [-0.3, -0.25) is 0 Å². The summed E-state index contributed by atoms with van der Waals surface area (Å²) in [6.07, 6.45) is 3.53. The van der Waals surface area contributed by atoms with Crippen LogP contribution in [0.1, 0.15) is 19.3 Å². The molecule has 0 amide bonds. The number of hydrogen-bond donors (Lipinski definition) is 1. The van der Waals surface area contributed by atoms with Crippen molar-refractivity contribution in [2.75, 3.05) is 0 Å². The predicted molar refractivity (Wildman–Crippen MR) is 50.3 cm³/mol. The normalized spacial score (nSPS) is 28.2. The minimum absolute atomic E-state index is 0.307. The van der Waals surface area contributed by atoms with Crippen LogP contribution in [0.2, 0.25) is 0 Å². The zero-order chi connectivity index (χ0) is 9.26. The molecule has 0 aliphatic heterocycles. The van der Waals surface area contributed by atoms with Crippen molar-refractivity contribution in [1.29, 1.82) is 0 Å². The van der Waals surface area contributed by atoms with E-state index in [9.17, 15) is 0 Å². The second-order valence-corrected chi connectivity index (χ2v) is 4.54. The van der Waals surface area contributed by atoms with Gasteiger partial charge in [-0.2, -0.15) is 0 Å². The second kappa shape index (κ2) is 3.63. The zero-order valence-corrected chi connectivity index (χ0v) is 8.37. The van der Waals surface area contributed by atoms with Crippen molar-refractivity contribution in [2.45, 2.75) is 35.7 Å². The molecule has 0 bridgehead atoms. The molecule has 1 aromatic rings. The molecule has 0 radical (unpaired) electrons. The fraction of sp³-hybridized carbons (Fsp3) is 0.857. The van der Waals surface area contributed by atoms with Crippen LogP contribution in [-0.4, -0.2) is 31.5 Å². The van der Waals surface area contributed by atoms with Gasteiger partial charge in [0.25, 0.3) is 0 Å². The largest absolute Gasteiger partial charge is 0.327 e. The van der Waals surface area contributed by atoms with Gasteiger partial charge in [0.1, 0.15) is 0 Å². The number of rotatable bonds is 2. The van der Waals surface area contributed by atoms with Crippen molar-refractivity contribution in [1.82, 2.24) is 20.2 Å². The molecule has 72 valence electrons. The first-order valence-electron chi connectivity index (χ1n) is 4.42. The Balaban J connectivity index is 2.01. The molecule has 1 heterocycles. The van der Waals surface area contributed by atoms with E-state index in [1.807, 2.05) is 7.05 Å². The van der Waals surface area contributed by atoms with Gasteiger partial charge in [-0.05, 0) is 23.3 Å². The van der Waals surface area contributed by atoms with Gasteiger partial charge < -0.3 is 5.73 Å². The molecule has 6 heteroatoms. The Morgan fingerprint density at radius 3 is 2.92 bits per heavy atom. The lowest BCUT2D eigenvalue weighted by atomic mass is 10.3. The highest BCUT2D eigenvalue weighted by Gasteiger charge is 2.26. The van der Waals surface area contributed by atoms with Gasteiger partial charge in [0.2, 0.25) is 5.16 Å². The molecular weight excluding hydrogens is 186 g/mol. The zero-order valence-electron chi connectivity index (χ0n) is 7.55. The molecular formula is C7H13N5S. The Kier molecular flexibility index (Phi) is 2.50. The molecule has 2 unspecified atom stereocenters. The van der Waals surface area contributed by atoms with Crippen LogP contribution in [0, 0.1) is 0 Å². The summed E-state index contributed by atoms with van der Waals surface area (Å²) >= 11 is 1.69. The molecule has 1 aromatic heterocycles. The third kappa shape index (κ3) is 1.83. The number of nitrogens with two attached hydrogens (primary N) is 1. The lowest BCUT2D eigenvalue weighted by molar-refractivity contribution is 0.658. The summed E-state index contributed by atoms with van der Waals surface area (Å²) in [7, 11) is 1.85. The SMILES string of the molecule is Cn1nnnc1SC1CCCC1N. The summed E-state index contributed by atoms with van der Waals surface area (Å²) in [6, 6.07) is 0.307. The van der Waals surface area contributed by atoms with Crippen LogP contribution in [0.25, 0.3) is 0 Å². The third-order valence-corrected chi connectivity index (χ3v) is 3.79. The molecule has 5 nitrogen and oxygen atoms in total. The smallest absolute Gasteiger partial charge is 0.209 e. The molecule has 1 aliphatic carbocycles. The van der Waals surface area contributed by atoms with Gasteiger partial charge in [-0.1, -0.05) is 18.2 Å². The molecule has 1 fully saturated rings. The minimum atomic E-state index is 0.307. The molecule has 2 atom stereocenters. The van der Waals surface area contributed by atoms with Gasteiger partial charge in [0.05, 0.1) is 0 Å². The van der Waals surface area contributed by atoms with E-state index in [2.05, 4.69) is 15.5 Å². The average Bonchev–Trinajstić information content (AvgIpc) is 2.65. The van der Waals surface area contributed by atoms with E-state index < -0.39 is 0 Å². The quantitative estimate of drug-likeness (QED) is 0.736. The number of hydrogen-bond acceptors (Lipinski definition) is 5. The van der Waals surface area contributed by atoms with E-state index in [0.717, 1.165) is 11.6 Å². The van der Waals surface area contributed by atoms with Crippen LogP contribution >= 0.6 is 11.8 Å². The number of aromatic nitrogens is 4. The molecule has 0 saturated heterocycles. The van der Waals surface area contributed by atoms with Crippen molar-refractivity contribution in [2.24, 2.45) is 12.8 Å². The van der Waals surface area contributed by atoms with E-state index in [4.69, 9.17) is 5.73 Å². The van der Waals surface area contributed by atoms with Gasteiger partial charge in [-0.25, -0.2) is 4.68 Å². The number of aryl methyl sites for hydroxylation is 1. The van der Waals surface area contributed by atoms with Crippen molar-refractivity contribution < 1.29 is 0 Å². The van der Waals surface area contributed by atoms with Crippen LogP contribution < -0.4 is 5.73 Å². The summed E-state index contributed by atoms with van der Waals surface area (Å²) in [5, 5.41) is 12.6. The maximum atomic E-state index is 5.95. The van der Waals surface area contributed by atoms with Crippen LogP contribution in [0.15, 0.2) is 5.16 Å². The van der Waals surface area contributed by atoms with Crippen molar-refractivity contribution in [3.05, 3.63) is 0 Å². The highest BCUT2D eigenvalue weighted by molar-refractivity contribution is 7.99. The summed E-state index contributed by atoms with van der Waals surface area (Å²) in [6.45, 7) is 0. The van der Waals surface area contributed by atoms with Crippen LogP contribution in [0.5, 0.6) is 0 Å². The second-order valence-electron chi connectivity index (χ2n) is 3.34. The maximum absolute atomic E-state index is 5.95. The Morgan fingerprint density at radius 2 is 2.38 bits per heavy atom. The Morgan fingerprint density at radius 1 is 1.54 bits per heavy atom. The number of tetrazole rings is 1. The molecule has 2 rings (SSSR count). The van der Waals surface area contributed by atoms with E-state index in [1.54, 1.807) is 16.4 Å². The Hall–Kier alpha value is -0.620. The Labute approximate surface area is 81.1 Å². The Bertz CT molecular complexity index is 286. The molecule has 1 saturated carbocycles. The lowest BCUT2D eigenvalue weighted by Crippen LogP contribution is -2.26. The third-order valence-electron chi connectivity index (χ3n) is 2.34. The monoisotopic (exact) mass is 199 g/mol. The van der Waals surface area contributed by atoms with Gasteiger partial charge >= 0.3 is 0 Å². The molecule has 1 aliphatic rings. The highest BCUT2D eigenvalue weighted by atomic mass is 32.2. The molecule has 2 N–H and O–H groups in total. The fourth-order valence-electron chi connectivity index (χ4n) is 1.56. The number of nitrogens with zero attached hydrogens (tertiary/aromatic N) is 4. The van der Waals surface area contributed by atoms with Gasteiger partial charge in [0.15, 0.2) is 0 Å². The van der Waals surface area contributed by atoms with Crippen LogP contribution in [0.3, 0.4) is 0 Å². The van der Waals surface area contributed by atoms with E-state index >= 15 is 0 Å². The highest BCUT2D eigenvalue weighted by Crippen LogP contribution is 2.32. The maximum Gasteiger partial charge on any atom is 0.209 e. The van der Waals surface area contributed by atoms with Crippen molar-refractivity contribution >= 4 is 11.8 Å². The minimum Gasteiger partial charge on any atom is -0.327 e. The van der Waals surface area contributed by atoms with E-state index in [0.29, 0.717) is 11.3 Å². The topological polar surface area (TPSA) is 69.6 Å². The first-order chi connectivity index (χ1) is 6.27. The van der Waals surface area contributed by atoms with Crippen LogP contribution in [-0.2, 0) is 7.05 Å². The number of thioether (sulfide) groups is 1. The predicted octanol–water partition coefficient (Wildman–Crippen LogP) is 0.182. The fourth-order valence-corrected chi connectivity index (χ4v) is 2.70. The first-order valence-corrected chi connectivity index (χ1v) is 5.30. The van der Waals surface area contributed by atoms with Crippen LogP contribution in [0.4, 0.5) is 0 Å². The summed E-state index contributed by atoms with van der Waals surface area (Å²) in [4.78, 5) is 0. The van der Waals surface area contributed by atoms with E-state index in [1.165, 1.54) is 12.8 Å². The molecule has 0 aromatic carbocycles. The molecule has 0 spiro atoms. The van der Waals surface area contributed by atoms with Crippen molar-refractivity contribution in [3.63, 3.8) is 0 Å². The van der Waals surface area contributed by atoms with Gasteiger partial charge in [0, 0.05) is 18.3 Å². The average molecular weight is 199 g/mol. The first kappa shape index (κ1) is 8.96. The standard InChI is InChI=1S/C7H13N5S/c1-12-7(9-10-11-12)13-6-4-2-3-5(6)8/h5-6H,2-4,8H2,1H3. The summed E-state index contributed by atoms with van der Waals surface area (Å²) < 4.78 is 1.69. The van der Waals surface area contributed by atoms with Crippen molar-refractivity contribution in [3.8, 4) is 0 Å².